The van der Waals surface area contributed by atoms with Crippen molar-refractivity contribution in [3.8, 4) is 5.75 Å². The van der Waals surface area contributed by atoms with Crippen LogP contribution in [0.4, 0.5) is 0 Å². The molecule has 5 nitrogen and oxygen atoms in total. The number of rotatable bonds is 7. The second-order valence-electron chi connectivity index (χ2n) is 4.73. The van der Waals surface area contributed by atoms with Crippen molar-refractivity contribution in [2.75, 3.05) is 6.16 Å². The molecule has 0 radical (unpaired) electrons. The molecule has 0 heterocycles. The van der Waals surface area contributed by atoms with Crippen LogP contribution in [-0.4, -0.2) is 24.3 Å². The van der Waals surface area contributed by atoms with Crippen molar-refractivity contribution < 1.29 is 18.6 Å². The summed E-state index contributed by atoms with van der Waals surface area (Å²) in [4.78, 5) is 11.7. The number of ether oxygens (including phenoxy) is 1. The molecule has 0 unspecified atom stereocenters. The molecule has 0 aliphatic rings. The van der Waals surface area contributed by atoms with Crippen molar-refractivity contribution >= 4 is 13.5 Å². The molecule has 6 heteroatoms. The van der Waals surface area contributed by atoms with Gasteiger partial charge >= 0.3 is 13.5 Å². The molecule has 1 aromatic carbocycles. The molecule has 0 fully saturated rings. The summed E-state index contributed by atoms with van der Waals surface area (Å²) in [7, 11) is -3.13. The highest BCUT2D eigenvalue weighted by molar-refractivity contribution is 7.57. The van der Waals surface area contributed by atoms with Gasteiger partial charge in [0.15, 0.2) is 0 Å². The summed E-state index contributed by atoms with van der Waals surface area (Å²) in [6.45, 7) is 6.90. The number of carbonyl (C=O) groups excluding carboxylic acids is 1. The molecule has 20 heavy (non-hydrogen) atoms. The van der Waals surface area contributed by atoms with Gasteiger partial charge in [-0.1, -0.05) is 25.1 Å². The fourth-order valence-electron chi connectivity index (χ4n) is 1.52. The molecule has 0 aliphatic carbocycles. The van der Waals surface area contributed by atoms with Gasteiger partial charge in [-0.3, -0.25) is 9.36 Å². The van der Waals surface area contributed by atoms with E-state index in [1.807, 2.05) is 6.07 Å². The van der Waals surface area contributed by atoms with E-state index < -0.39 is 19.5 Å². The molecule has 0 saturated carbocycles. The van der Waals surface area contributed by atoms with Crippen LogP contribution in [0.25, 0.3) is 0 Å². The summed E-state index contributed by atoms with van der Waals surface area (Å²) in [6, 6.07) is 8.20. The zero-order valence-corrected chi connectivity index (χ0v) is 13.2. The molecule has 112 valence electrons. The Morgan fingerprint density at radius 2 is 1.85 bits per heavy atom. The second-order valence-corrected chi connectivity index (χ2v) is 7.15. The summed E-state index contributed by atoms with van der Waals surface area (Å²) >= 11 is 0. The first-order valence-electron chi connectivity index (χ1n) is 6.68. The van der Waals surface area contributed by atoms with Gasteiger partial charge in [0.2, 0.25) is 0 Å². The van der Waals surface area contributed by atoms with E-state index in [0.29, 0.717) is 5.75 Å². The Bertz CT molecular complexity index is 475. The average molecular weight is 299 g/mol. The predicted octanol–water partition coefficient (Wildman–Crippen LogP) is 3.21. The number of carbonyl (C=O) groups is 1. The zero-order valence-electron chi connectivity index (χ0n) is 12.3. The summed E-state index contributed by atoms with van der Waals surface area (Å²) in [5.74, 6) is 0.0694. The lowest BCUT2D eigenvalue weighted by Crippen LogP contribution is -2.36. The SMILES string of the molecule is CC[P@](=O)(N[C@@H](C)C(=O)OC(C)C)Oc1ccccc1. The fraction of sp³-hybridized carbons (Fsp3) is 0.500. The van der Waals surface area contributed by atoms with Crippen molar-refractivity contribution in [1.82, 2.24) is 5.09 Å². The topological polar surface area (TPSA) is 64.6 Å². The van der Waals surface area contributed by atoms with E-state index >= 15 is 0 Å². The van der Waals surface area contributed by atoms with Gasteiger partial charge in [-0.05, 0) is 32.9 Å². The molecular weight excluding hydrogens is 277 g/mol. The van der Waals surface area contributed by atoms with E-state index in [1.54, 1.807) is 52.0 Å². The lowest BCUT2D eigenvalue weighted by molar-refractivity contribution is -0.149. The molecule has 1 N–H and O–H groups in total. The zero-order chi connectivity index (χ0) is 15.2. The highest BCUT2D eigenvalue weighted by atomic mass is 31.2. The molecular formula is C14H22NO4P. The molecule has 1 aromatic rings. The predicted molar refractivity (Wildman–Crippen MR) is 79.0 cm³/mol. The third-order valence-electron chi connectivity index (χ3n) is 2.51. The number of esters is 1. The molecule has 0 bridgehead atoms. The first-order chi connectivity index (χ1) is 9.36. The van der Waals surface area contributed by atoms with E-state index in [9.17, 15) is 9.36 Å². The maximum Gasteiger partial charge on any atom is 0.323 e. The van der Waals surface area contributed by atoms with Gasteiger partial charge in [-0.2, -0.15) is 0 Å². The lowest BCUT2D eigenvalue weighted by atomic mass is 10.3. The Balaban J connectivity index is 2.70. The Kier molecular flexibility index (Phi) is 6.24. The number of hydrogen-bond donors (Lipinski definition) is 1. The number of benzene rings is 1. The summed E-state index contributed by atoms with van der Waals surface area (Å²) < 4.78 is 23.2. The third kappa shape index (κ3) is 5.35. The summed E-state index contributed by atoms with van der Waals surface area (Å²) in [5.41, 5.74) is 0. The highest BCUT2D eigenvalue weighted by Gasteiger charge is 2.28. The van der Waals surface area contributed by atoms with Crippen molar-refractivity contribution in [3.05, 3.63) is 30.3 Å². The van der Waals surface area contributed by atoms with E-state index in [2.05, 4.69) is 5.09 Å². The van der Waals surface area contributed by atoms with Crippen LogP contribution in [0, 0.1) is 0 Å². The van der Waals surface area contributed by atoms with Crippen molar-refractivity contribution in [1.29, 1.82) is 0 Å². The summed E-state index contributed by atoms with van der Waals surface area (Å²) in [5, 5.41) is 2.76. The minimum Gasteiger partial charge on any atom is -0.462 e. The van der Waals surface area contributed by atoms with Crippen LogP contribution in [0.2, 0.25) is 0 Å². The Morgan fingerprint density at radius 3 is 2.35 bits per heavy atom. The normalized spacial score (nSPS) is 15.4. The quantitative estimate of drug-likeness (QED) is 0.618. The molecule has 0 aliphatic heterocycles. The number of nitrogens with one attached hydrogen (secondary N) is 1. The Labute approximate surface area is 120 Å². The van der Waals surface area contributed by atoms with Crippen molar-refractivity contribution in [3.63, 3.8) is 0 Å². The fourth-order valence-corrected chi connectivity index (χ4v) is 3.04. The van der Waals surface area contributed by atoms with Gasteiger partial charge in [0.1, 0.15) is 11.8 Å². The van der Waals surface area contributed by atoms with Crippen LogP contribution in [0.15, 0.2) is 30.3 Å². The molecule has 0 amide bonds. The summed E-state index contributed by atoms with van der Waals surface area (Å²) in [6.07, 6.45) is 0.0732. The number of hydrogen-bond acceptors (Lipinski definition) is 4. The van der Waals surface area contributed by atoms with E-state index in [4.69, 9.17) is 9.26 Å². The van der Waals surface area contributed by atoms with Crippen molar-refractivity contribution in [2.45, 2.75) is 39.8 Å². The van der Waals surface area contributed by atoms with Crippen LogP contribution in [0.5, 0.6) is 5.75 Å². The van der Waals surface area contributed by atoms with Gasteiger partial charge in [-0.15, -0.1) is 0 Å². The maximum atomic E-state index is 12.6. The van der Waals surface area contributed by atoms with Gasteiger partial charge < -0.3 is 9.26 Å². The first kappa shape index (κ1) is 16.7. The van der Waals surface area contributed by atoms with Crippen LogP contribution in [0.1, 0.15) is 27.7 Å². The van der Waals surface area contributed by atoms with Gasteiger partial charge in [0, 0.05) is 6.16 Å². The third-order valence-corrected chi connectivity index (χ3v) is 4.63. The molecule has 0 spiro atoms. The smallest absolute Gasteiger partial charge is 0.323 e. The lowest BCUT2D eigenvalue weighted by Gasteiger charge is -2.23. The van der Waals surface area contributed by atoms with Gasteiger partial charge in [0.05, 0.1) is 6.10 Å². The van der Waals surface area contributed by atoms with E-state index in [1.165, 1.54) is 0 Å². The monoisotopic (exact) mass is 299 g/mol. The Morgan fingerprint density at radius 1 is 1.25 bits per heavy atom. The first-order valence-corrected chi connectivity index (χ1v) is 8.49. The van der Waals surface area contributed by atoms with E-state index in [-0.39, 0.29) is 12.3 Å². The standard InChI is InChI=1S/C14H22NO4P/c1-5-20(17,19-13-9-7-6-8-10-13)15-12(4)14(16)18-11(2)3/h6-12H,5H2,1-4H3,(H,15,17)/t12-,20+/m0/s1. The van der Waals surface area contributed by atoms with Gasteiger partial charge in [0.25, 0.3) is 0 Å². The second kappa shape index (κ2) is 7.46. The van der Waals surface area contributed by atoms with Crippen LogP contribution < -0.4 is 9.61 Å². The Hall–Kier alpha value is -1.32. The largest absolute Gasteiger partial charge is 0.462 e. The minimum atomic E-state index is -3.13. The average Bonchev–Trinajstić information content (AvgIpc) is 2.39. The minimum absolute atomic E-state index is 0.206. The van der Waals surface area contributed by atoms with Crippen LogP contribution >= 0.6 is 7.52 Å². The van der Waals surface area contributed by atoms with Gasteiger partial charge in [-0.25, -0.2) is 5.09 Å². The molecule has 1 rings (SSSR count). The van der Waals surface area contributed by atoms with Crippen LogP contribution in [0.3, 0.4) is 0 Å². The molecule has 0 aromatic heterocycles. The molecule has 2 atom stereocenters. The van der Waals surface area contributed by atoms with E-state index in [0.717, 1.165) is 0 Å². The maximum absolute atomic E-state index is 12.6. The van der Waals surface area contributed by atoms with Crippen molar-refractivity contribution in [2.24, 2.45) is 0 Å². The van der Waals surface area contributed by atoms with Crippen LogP contribution in [-0.2, 0) is 14.1 Å². The number of para-hydroxylation sites is 1. The highest BCUT2D eigenvalue weighted by Crippen LogP contribution is 2.42. The molecule has 0 saturated heterocycles.